The van der Waals surface area contributed by atoms with Crippen LogP contribution in [0.4, 0.5) is 10.1 Å². The molecule has 0 amide bonds. The molecular formula is C17H20FN5O2S. The molecule has 138 valence electrons. The summed E-state index contributed by atoms with van der Waals surface area (Å²) in [7, 11) is -2.13. The number of aryl methyl sites for hydroxylation is 3. The maximum atomic E-state index is 13.9. The first kappa shape index (κ1) is 18.1. The predicted octanol–water partition coefficient (Wildman–Crippen LogP) is 2.53. The third kappa shape index (κ3) is 3.34. The zero-order chi connectivity index (χ0) is 19.1. The average molecular weight is 377 g/mol. The van der Waals surface area contributed by atoms with Gasteiger partial charge in [-0.25, -0.2) is 12.8 Å². The lowest BCUT2D eigenvalue weighted by Gasteiger charge is -2.09. The van der Waals surface area contributed by atoms with Crippen molar-refractivity contribution in [2.75, 3.05) is 4.72 Å². The lowest BCUT2D eigenvalue weighted by Crippen LogP contribution is -2.15. The Labute approximate surface area is 151 Å². The third-order valence-electron chi connectivity index (χ3n) is 4.15. The molecule has 2 heterocycles. The van der Waals surface area contributed by atoms with Crippen LogP contribution in [0.1, 0.15) is 22.6 Å². The van der Waals surface area contributed by atoms with Crippen molar-refractivity contribution in [3.63, 3.8) is 0 Å². The first-order chi connectivity index (χ1) is 12.2. The topological polar surface area (TPSA) is 81.8 Å². The molecular weight excluding hydrogens is 357 g/mol. The molecule has 0 aliphatic carbocycles. The molecule has 0 saturated carbocycles. The Kier molecular flexibility index (Phi) is 4.57. The molecule has 0 aliphatic heterocycles. The second-order valence-electron chi connectivity index (χ2n) is 6.15. The second kappa shape index (κ2) is 6.56. The van der Waals surface area contributed by atoms with Gasteiger partial charge in [0.15, 0.2) is 0 Å². The lowest BCUT2D eigenvalue weighted by atomic mass is 10.2. The largest absolute Gasteiger partial charge is 0.276 e. The van der Waals surface area contributed by atoms with E-state index in [0.717, 1.165) is 0 Å². The first-order valence-electron chi connectivity index (χ1n) is 7.99. The van der Waals surface area contributed by atoms with E-state index >= 15 is 0 Å². The maximum Gasteiger partial charge on any atom is 0.265 e. The van der Waals surface area contributed by atoms with E-state index < -0.39 is 10.0 Å². The Hall–Kier alpha value is -2.68. The van der Waals surface area contributed by atoms with Crippen LogP contribution in [0, 0.1) is 26.6 Å². The molecule has 26 heavy (non-hydrogen) atoms. The summed E-state index contributed by atoms with van der Waals surface area (Å²) in [5.41, 5.74) is 2.41. The van der Waals surface area contributed by atoms with Gasteiger partial charge in [0.1, 0.15) is 10.7 Å². The minimum atomic E-state index is -3.80. The number of anilines is 1. The van der Waals surface area contributed by atoms with E-state index in [0.29, 0.717) is 28.3 Å². The normalized spacial score (nSPS) is 11.7. The third-order valence-corrected chi connectivity index (χ3v) is 5.61. The van der Waals surface area contributed by atoms with Crippen LogP contribution in [0.2, 0.25) is 0 Å². The Morgan fingerprint density at radius 2 is 1.81 bits per heavy atom. The van der Waals surface area contributed by atoms with Crippen LogP contribution in [0.3, 0.4) is 0 Å². The Morgan fingerprint density at radius 1 is 1.12 bits per heavy atom. The highest BCUT2D eigenvalue weighted by Crippen LogP contribution is 2.25. The number of halogens is 1. The van der Waals surface area contributed by atoms with Crippen molar-refractivity contribution < 1.29 is 12.8 Å². The van der Waals surface area contributed by atoms with Crippen LogP contribution >= 0.6 is 0 Å². The molecule has 0 spiro atoms. The fourth-order valence-electron chi connectivity index (χ4n) is 2.82. The van der Waals surface area contributed by atoms with E-state index in [9.17, 15) is 12.8 Å². The van der Waals surface area contributed by atoms with Gasteiger partial charge in [0.05, 0.1) is 29.3 Å². The van der Waals surface area contributed by atoms with Crippen molar-refractivity contribution in [2.45, 2.75) is 32.2 Å². The average Bonchev–Trinajstić information content (AvgIpc) is 3.03. The van der Waals surface area contributed by atoms with Gasteiger partial charge in [-0.3, -0.25) is 14.1 Å². The van der Waals surface area contributed by atoms with Gasteiger partial charge in [0.2, 0.25) is 0 Å². The minimum Gasteiger partial charge on any atom is -0.276 e. The summed E-state index contributed by atoms with van der Waals surface area (Å²) < 4.78 is 44.9. The Morgan fingerprint density at radius 3 is 2.42 bits per heavy atom. The number of hydrogen-bond acceptors (Lipinski definition) is 4. The van der Waals surface area contributed by atoms with Crippen LogP contribution in [0.15, 0.2) is 35.4 Å². The maximum absolute atomic E-state index is 13.9. The van der Waals surface area contributed by atoms with Crippen LogP contribution in [0.25, 0.3) is 0 Å². The number of sulfonamides is 1. The molecule has 3 aromatic rings. The van der Waals surface area contributed by atoms with Crippen LogP contribution in [-0.2, 0) is 23.6 Å². The standard InChI is InChI=1S/C17H20FN5O2S/c1-11-16(10-22(4)19-11)26(24,25)21-17-12(2)20-23(13(17)3)9-14-7-5-6-8-15(14)18/h5-8,10,21H,9H2,1-4H3. The highest BCUT2D eigenvalue weighted by molar-refractivity contribution is 7.92. The second-order valence-corrected chi connectivity index (χ2v) is 7.80. The van der Waals surface area contributed by atoms with Gasteiger partial charge >= 0.3 is 0 Å². The van der Waals surface area contributed by atoms with E-state index in [1.54, 1.807) is 50.7 Å². The summed E-state index contributed by atoms with van der Waals surface area (Å²) in [6, 6.07) is 6.43. The van der Waals surface area contributed by atoms with Gasteiger partial charge in [-0.05, 0) is 26.8 Å². The summed E-state index contributed by atoms with van der Waals surface area (Å²) in [5.74, 6) is -0.326. The summed E-state index contributed by atoms with van der Waals surface area (Å²) in [5, 5.41) is 8.42. The van der Waals surface area contributed by atoms with Gasteiger partial charge in [0, 0.05) is 18.8 Å². The van der Waals surface area contributed by atoms with E-state index in [2.05, 4.69) is 14.9 Å². The van der Waals surface area contributed by atoms with Crippen LogP contribution in [0.5, 0.6) is 0 Å². The SMILES string of the molecule is Cc1nn(C)cc1S(=O)(=O)Nc1c(C)nn(Cc2ccccc2F)c1C. The predicted molar refractivity (Wildman–Crippen MR) is 96.0 cm³/mol. The lowest BCUT2D eigenvalue weighted by molar-refractivity contribution is 0.579. The molecule has 1 aromatic carbocycles. The number of benzene rings is 1. The smallest absolute Gasteiger partial charge is 0.265 e. The molecule has 0 unspecified atom stereocenters. The first-order valence-corrected chi connectivity index (χ1v) is 9.48. The number of nitrogens with zero attached hydrogens (tertiary/aromatic N) is 4. The Balaban J connectivity index is 1.93. The van der Waals surface area contributed by atoms with E-state index in [1.165, 1.54) is 16.9 Å². The minimum absolute atomic E-state index is 0.112. The molecule has 0 atom stereocenters. The van der Waals surface area contributed by atoms with Crippen molar-refractivity contribution >= 4 is 15.7 Å². The van der Waals surface area contributed by atoms with E-state index in [4.69, 9.17) is 0 Å². The number of rotatable bonds is 5. The van der Waals surface area contributed by atoms with Crippen molar-refractivity contribution in [1.29, 1.82) is 0 Å². The van der Waals surface area contributed by atoms with Crippen LogP contribution < -0.4 is 4.72 Å². The van der Waals surface area contributed by atoms with E-state index in [1.807, 2.05) is 0 Å². The fourth-order valence-corrected chi connectivity index (χ4v) is 4.21. The van der Waals surface area contributed by atoms with Gasteiger partial charge in [-0.1, -0.05) is 18.2 Å². The molecule has 0 saturated heterocycles. The molecule has 1 N–H and O–H groups in total. The molecule has 0 radical (unpaired) electrons. The molecule has 0 aliphatic rings. The zero-order valence-corrected chi connectivity index (χ0v) is 15.8. The van der Waals surface area contributed by atoms with Crippen molar-refractivity contribution in [2.24, 2.45) is 7.05 Å². The zero-order valence-electron chi connectivity index (χ0n) is 15.0. The Bertz CT molecular complexity index is 1070. The van der Waals surface area contributed by atoms with Gasteiger partial charge in [-0.15, -0.1) is 0 Å². The molecule has 0 bridgehead atoms. The van der Waals surface area contributed by atoms with Gasteiger partial charge in [0.25, 0.3) is 10.0 Å². The summed E-state index contributed by atoms with van der Waals surface area (Å²) in [6.45, 7) is 5.30. The van der Waals surface area contributed by atoms with Crippen LogP contribution in [-0.4, -0.2) is 28.0 Å². The fraction of sp³-hybridized carbons (Fsp3) is 0.294. The number of hydrogen-bond donors (Lipinski definition) is 1. The molecule has 0 fully saturated rings. The van der Waals surface area contributed by atoms with Crippen molar-refractivity contribution in [1.82, 2.24) is 19.6 Å². The molecule has 2 aromatic heterocycles. The highest BCUT2D eigenvalue weighted by atomic mass is 32.2. The number of nitrogens with one attached hydrogen (secondary N) is 1. The van der Waals surface area contributed by atoms with E-state index in [-0.39, 0.29) is 17.3 Å². The summed E-state index contributed by atoms with van der Waals surface area (Å²) in [4.78, 5) is 0.112. The van der Waals surface area contributed by atoms with Gasteiger partial charge in [-0.2, -0.15) is 10.2 Å². The van der Waals surface area contributed by atoms with Crippen molar-refractivity contribution in [3.05, 3.63) is 58.9 Å². The highest BCUT2D eigenvalue weighted by Gasteiger charge is 2.23. The van der Waals surface area contributed by atoms with Crippen molar-refractivity contribution in [3.8, 4) is 0 Å². The molecule has 9 heteroatoms. The van der Waals surface area contributed by atoms with Gasteiger partial charge < -0.3 is 0 Å². The summed E-state index contributed by atoms with van der Waals surface area (Å²) >= 11 is 0. The molecule has 7 nitrogen and oxygen atoms in total. The number of aromatic nitrogens is 4. The quantitative estimate of drug-likeness (QED) is 0.741. The molecule has 3 rings (SSSR count). The summed E-state index contributed by atoms with van der Waals surface area (Å²) in [6.07, 6.45) is 1.45. The monoisotopic (exact) mass is 377 g/mol.